The zero-order chi connectivity index (χ0) is 15.0. The molecule has 3 aromatic rings. The second kappa shape index (κ2) is 5.21. The van der Waals surface area contributed by atoms with Gasteiger partial charge < -0.3 is 0 Å². The molecule has 0 aliphatic carbocycles. The van der Waals surface area contributed by atoms with Gasteiger partial charge in [-0.2, -0.15) is 0 Å². The van der Waals surface area contributed by atoms with Crippen LogP contribution in [-0.4, -0.2) is 18.4 Å². The fourth-order valence-corrected chi connectivity index (χ4v) is 2.82. The van der Waals surface area contributed by atoms with E-state index in [-0.39, 0.29) is 10.7 Å². The van der Waals surface area contributed by atoms with Crippen molar-refractivity contribution in [2.45, 2.75) is 11.8 Å². The first kappa shape index (κ1) is 13.6. The number of aryl methyl sites for hydroxylation is 1. The second-order valence-electron chi connectivity index (χ2n) is 4.61. The molecule has 6 heteroatoms. The lowest BCUT2D eigenvalue weighted by Gasteiger charge is -2.08. The second-order valence-corrected chi connectivity index (χ2v) is 5.61. The summed E-state index contributed by atoms with van der Waals surface area (Å²) >= 11 is 0. The molecule has 0 atom stereocenters. The van der Waals surface area contributed by atoms with Gasteiger partial charge in [0, 0.05) is 11.1 Å². The summed E-state index contributed by atoms with van der Waals surface area (Å²) in [6.07, 6.45) is 1.34. The Hall–Kier alpha value is -2.34. The predicted octanol–water partition coefficient (Wildman–Crippen LogP) is 2.71. The van der Waals surface area contributed by atoms with E-state index in [4.69, 9.17) is 0 Å². The van der Waals surface area contributed by atoms with E-state index in [1.807, 2.05) is 6.07 Å². The summed E-state index contributed by atoms with van der Waals surface area (Å²) in [4.78, 5) is 8.29. The maximum absolute atomic E-state index is 13.0. The summed E-state index contributed by atoms with van der Waals surface area (Å²) < 4.78 is 36.0. The molecular formula is C15H11FN2O2S. The number of fused-ring (bicyclic) bond motifs is 1. The van der Waals surface area contributed by atoms with Gasteiger partial charge in [-0.3, -0.25) is 0 Å². The van der Waals surface area contributed by atoms with Crippen LogP contribution in [0.5, 0.6) is 0 Å². The number of hydrogen-bond donors (Lipinski definition) is 1. The average Bonchev–Trinajstić information content (AvgIpc) is 2.47. The minimum atomic E-state index is -2.78. The number of halogens is 1. The summed E-state index contributed by atoms with van der Waals surface area (Å²) in [7, 11) is -2.78. The largest absolute Gasteiger partial charge is 0.241 e. The highest BCUT2D eigenvalue weighted by atomic mass is 32.2. The molecule has 0 fully saturated rings. The first-order valence-corrected chi connectivity index (χ1v) is 7.39. The van der Waals surface area contributed by atoms with Crippen molar-refractivity contribution in [3.8, 4) is 11.1 Å². The van der Waals surface area contributed by atoms with Crippen molar-refractivity contribution in [1.82, 2.24) is 9.97 Å². The Labute approximate surface area is 122 Å². The standard InChI is InChI=1S/C15H11FN2O2S/c1-9-13-6-11(10-2-4-12(16)5-3-10)7-14(21(19)20)15(13)18-8-17-9/h2-8,21H,1H3. The highest BCUT2D eigenvalue weighted by molar-refractivity contribution is 7.72. The Kier molecular flexibility index (Phi) is 3.39. The van der Waals surface area contributed by atoms with E-state index in [1.54, 1.807) is 25.1 Å². The molecule has 0 amide bonds. The molecule has 106 valence electrons. The fraction of sp³-hybridized carbons (Fsp3) is 0.0667. The smallest absolute Gasteiger partial charge is 0.170 e. The van der Waals surface area contributed by atoms with Gasteiger partial charge in [0.2, 0.25) is 0 Å². The Balaban J connectivity index is 2.34. The van der Waals surface area contributed by atoms with Crippen LogP contribution in [0.25, 0.3) is 22.0 Å². The van der Waals surface area contributed by atoms with Crippen LogP contribution in [-0.2, 0) is 10.7 Å². The van der Waals surface area contributed by atoms with E-state index < -0.39 is 10.7 Å². The van der Waals surface area contributed by atoms with Gasteiger partial charge in [-0.15, -0.1) is 0 Å². The number of nitrogens with zero attached hydrogens (tertiary/aromatic N) is 2. The number of rotatable bonds is 2. The van der Waals surface area contributed by atoms with Crippen LogP contribution in [0.4, 0.5) is 4.39 Å². The Morgan fingerprint density at radius 2 is 1.71 bits per heavy atom. The Morgan fingerprint density at radius 3 is 2.38 bits per heavy atom. The lowest BCUT2D eigenvalue weighted by Crippen LogP contribution is -1.94. The van der Waals surface area contributed by atoms with Gasteiger partial charge in [0.05, 0.1) is 10.4 Å². The van der Waals surface area contributed by atoms with Crippen molar-refractivity contribution in [3.63, 3.8) is 0 Å². The first-order chi connectivity index (χ1) is 10.1. The average molecular weight is 302 g/mol. The fourth-order valence-electron chi connectivity index (χ4n) is 2.22. The van der Waals surface area contributed by atoms with Crippen molar-refractivity contribution in [3.05, 3.63) is 54.2 Å². The lowest BCUT2D eigenvalue weighted by atomic mass is 10.0. The minimum Gasteiger partial charge on any atom is -0.241 e. The van der Waals surface area contributed by atoms with Crippen molar-refractivity contribution in [2.24, 2.45) is 0 Å². The van der Waals surface area contributed by atoms with Crippen LogP contribution in [0.3, 0.4) is 0 Å². The molecule has 1 heterocycles. The van der Waals surface area contributed by atoms with Gasteiger partial charge >= 0.3 is 0 Å². The molecule has 0 spiro atoms. The van der Waals surface area contributed by atoms with Gasteiger partial charge in [0.25, 0.3) is 0 Å². The highest BCUT2D eigenvalue weighted by Gasteiger charge is 2.11. The minimum absolute atomic E-state index is 0.146. The maximum atomic E-state index is 13.0. The van der Waals surface area contributed by atoms with Gasteiger partial charge in [0.15, 0.2) is 10.7 Å². The van der Waals surface area contributed by atoms with E-state index in [1.165, 1.54) is 18.5 Å². The summed E-state index contributed by atoms with van der Waals surface area (Å²) in [5.74, 6) is -0.339. The van der Waals surface area contributed by atoms with E-state index in [9.17, 15) is 12.8 Å². The lowest BCUT2D eigenvalue weighted by molar-refractivity contribution is 0.615. The van der Waals surface area contributed by atoms with Gasteiger partial charge in [-0.1, -0.05) is 12.1 Å². The molecule has 4 nitrogen and oxygen atoms in total. The molecule has 0 saturated carbocycles. The maximum Gasteiger partial charge on any atom is 0.170 e. The molecule has 2 aromatic carbocycles. The molecule has 0 aliphatic rings. The quantitative estimate of drug-likeness (QED) is 0.739. The van der Waals surface area contributed by atoms with E-state index >= 15 is 0 Å². The number of aromatic nitrogens is 2. The van der Waals surface area contributed by atoms with Crippen LogP contribution in [0.15, 0.2) is 47.6 Å². The highest BCUT2D eigenvalue weighted by Crippen LogP contribution is 2.28. The molecule has 1 aromatic heterocycles. The molecule has 0 N–H and O–H groups in total. The van der Waals surface area contributed by atoms with Crippen LogP contribution < -0.4 is 0 Å². The Morgan fingerprint density at radius 1 is 1.00 bits per heavy atom. The number of benzene rings is 2. The third-order valence-electron chi connectivity index (χ3n) is 3.29. The monoisotopic (exact) mass is 302 g/mol. The molecule has 0 aliphatic heterocycles. The van der Waals surface area contributed by atoms with Crippen molar-refractivity contribution in [2.75, 3.05) is 0 Å². The van der Waals surface area contributed by atoms with Gasteiger partial charge in [-0.25, -0.2) is 22.8 Å². The van der Waals surface area contributed by atoms with Crippen LogP contribution in [0.1, 0.15) is 5.69 Å². The molecule has 0 saturated heterocycles. The molecule has 3 rings (SSSR count). The first-order valence-electron chi connectivity index (χ1n) is 6.22. The topological polar surface area (TPSA) is 59.9 Å². The van der Waals surface area contributed by atoms with Crippen molar-refractivity contribution >= 4 is 21.6 Å². The zero-order valence-corrected chi connectivity index (χ0v) is 12.0. The number of hydrogen-bond acceptors (Lipinski definition) is 4. The van der Waals surface area contributed by atoms with E-state index in [0.29, 0.717) is 22.2 Å². The SMILES string of the molecule is Cc1ncnc2c([SH](=O)=O)cc(-c3ccc(F)cc3)cc12. The van der Waals surface area contributed by atoms with E-state index in [2.05, 4.69) is 9.97 Å². The van der Waals surface area contributed by atoms with Crippen molar-refractivity contribution < 1.29 is 12.8 Å². The predicted molar refractivity (Wildman–Crippen MR) is 78.2 cm³/mol. The summed E-state index contributed by atoms with van der Waals surface area (Å²) in [5, 5.41) is 0.675. The molecule has 21 heavy (non-hydrogen) atoms. The van der Waals surface area contributed by atoms with Crippen molar-refractivity contribution in [1.29, 1.82) is 0 Å². The van der Waals surface area contributed by atoms with Gasteiger partial charge in [-0.05, 0) is 42.3 Å². The molecule has 0 radical (unpaired) electrons. The third-order valence-corrected chi connectivity index (χ3v) is 4.03. The molecular weight excluding hydrogens is 291 g/mol. The number of thiol groups is 1. The molecule has 0 bridgehead atoms. The summed E-state index contributed by atoms with van der Waals surface area (Å²) in [5.41, 5.74) is 2.53. The van der Waals surface area contributed by atoms with Crippen LogP contribution >= 0.6 is 0 Å². The Bertz CT molecular complexity index is 897. The summed E-state index contributed by atoms with van der Waals surface area (Å²) in [6, 6.07) is 9.26. The van der Waals surface area contributed by atoms with E-state index in [0.717, 1.165) is 5.56 Å². The zero-order valence-electron chi connectivity index (χ0n) is 11.1. The third kappa shape index (κ3) is 2.50. The van der Waals surface area contributed by atoms with Crippen LogP contribution in [0, 0.1) is 12.7 Å². The normalized spacial score (nSPS) is 11.2. The molecule has 0 unspecified atom stereocenters. The van der Waals surface area contributed by atoms with Crippen LogP contribution in [0.2, 0.25) is 0 Å². The summed E-state index contributed by atoms with van der Waals surface area (Å²) in [6.45, 7) is 1.79. The van der Waals surface area contributed by atoms with Gasteiger partial charge in [0.1, 0.15) is 12.1 Å².